The van der Waals surface area contributed by atoms with Crippen molar-refractivity contribution in [3.8, 4) is 28.5 Å². The molecule has 0 amide bonds. The van der Waals surface area contributed by atoms with Gasteiger partial charge < -0.3 is 0 Å². The third kappa shape index (κ3) is 4.42. The first-order valence-electron chi connectivity index (χ1n) is 12.2. The molecule has 0 aliphatic heterocycles. The lowest BCUT2D eigenvalue weighted by Crippen LogP contribution is -2.35. The molecule has 2 aromatic heterocycles. The van der Waals surface area contributed by atoms with Gasteiger partial charge >= 0.3 is 0 Å². The third-order valence-corrected chi connectivity index (χ3v) is 8.29. The molecule has 0 fully saturated rings. The summed E-state index contributed by atoms with van der Waals surface area (Å²) in [7, 11) is 0.525. The summed E-state index contributed by atoms with van der Waals surface area (Å²) >= 11 is 0. The van der Waals surface area contributed by atoms with Gasteiger partial charge in [-0.15, -0.1) is 0 Å². The molecule has 5 aromatic rings. The average molecular weight is 525 g/mol. The molecule has 9 heteroatoms. The van der Waals surface area contributed by atoms with Gasteiger partial charge in [0.25, 0.3) is 5.56 Å². The minimum Gasteiger partial charge on any atom is -0.267 e. The van der Waals surface area contributed by atoms with Crippen LogP contribution in [-0.4, -0.2) is 28.9 Å². The Morgan fingerprint density at radius 2 is 1.82 bits per heavy atom. The first-order chi connectivity index (χ1) is 18.1. The number of benzene rings is 3. The SMILES string of the molecule is CC(NS(=O)C(C)(C)C)c1n[nH]c(=O)c2ccc(-c3cnn(C)c3-c3ccc4ccccc4c3C#N)cc12. The Hall–Kier alpha value is -4.13. The Morgan fingerprint density at radius 3 is 2.55 bits per heavy atom. The maximum absolute atomic E-state index is 12.8. The van der Waals surface area contributed by atoms with E-state index in [4.69, 9.17) is 0 Å². The summed E-state index contributed by atoms with van der Waals surface area (Å²) in [5, 5.41) is 24.5. The Kier molecular flexibility index (Phi) is 6.47. The molecule has 0 saturated carbocycles. The number of aromatic amines is 1. The maximum Gasteiger partial charge on any atom is 0.272 e. The van der Waals surface area contributed by atoms with E-state index in [0.29, 0.717) is 22.0 Å². The molecule has 192 valence electrons. The van der Waals surface area contributed by atoms with E-state index in [2.05, 4.69) is 26.1 Å². The van der Waals surface area contributed by atoms with Gasteiger partial charge in [0.15, 0.2) is 0 Å². The Balaban J connectivity index is 1.68. The van der Waals surface area contributed by atoms with Crippen molar-refractivity contribution in [2.24, 2.45) is 7.05 Å². The highest BCUT2D eigenvalue weighted by molar-refractivity contribution is 7.84. The van der Waals surface area contributed by atoms with E-state index < -0.39 is 15.7 Å². The Morgan fingerprint density at radius 1 is 1.05 bits per heavy atom. The van der Waals surface area contributed by atoms with Gasteiger partial charge in [0.05, 0.1) is 50.3 Å². The molecule has 0 aliphatic carbocycles. The van der Waals surface area contributed by atoms with Crippen LogP contribution in [0.15, 0.2) is 65.6 Å². The number of fused-ring (bicyclic) bond motifs is 2. The zero-order valence-corrected chi connectivity index (χ0v) is 22.7. The summed E-state index contributed by atoms with van der Waals surface area (Å²) in [6, 6.07) is 19.3. The van der Waals surface area contributed by atoms with E-state index in [1.54, 1.807) is 16.9 Å². The van der Waals surface area contributed by atoms with Crippen molar-refractivity contribution >= 4 is 32.5 Å². The molecule has 2 unspecified atom stereocenters. The number of nitrogens with one attached hydrogen (secondary N) is 2. The molecule has 0 spiro atoms. The molecule has 0 bridgehead atoms. The minimum atomic E-state index is -1.32. The number of nitrogens with zero attached hydrogens (tertiary/aromatic N) is 4. The number of nitriles is 1. The second-order valence-corrected chi connectivity index (χ2v) is 12.3. The van der Waals surface area contributed by atoms with Crippen LogP contribution in [0, 0.1) is 11.3 Å². The van der Waals surface area contributed by atoms with E-state index in [1.807, 2.05) is 83.3 Å². The summed E-state index contributed by atoms with van der Waals surface area (Å²) in [6.45, 7) is 7.56. The van der Waals surface area contributed by atoms with Crippen molar-refractivity contribution in [1.82, 2.24) is 24.7 Å². The van der Waals surface area contributed by atoms with Crippen LogP contribution in [0.4, 0.5) is 0 Å². The van der Waals surface area contributed by atoms with Crippen LogP contribution < -0.4 is 10.3 Å². The van der Waals surface area contributed by atoms with Crippen LogP contribution in [0.2, 0.25) is 0 Å². The van der Waals surface area contributed by atoms with Gasteiger partial charge in [-0.05, 0) is 50.8 Å². The normalized spacial score (nSPS) is 13.5. The second kappa shape index (κ2) is 9.63. The molecule has 2 heterocycles. The fraction of sp³-hybridized carbons (Fsp3) is 0.241. The van der Waals surface area contributed by atoms with Gasteiger partial charge in [-0.1, -0.05) is 42.5 Å². The fourth-order valence-corrected chi connectivity index (χ4v) is 5.42. The summed E-state index contributed by atoms with van der Waals surface area (Å²) in [5.74, 6) is 0. The van der Waals surface area contributed by atoms with Crippen LogP contribution in [0.25, 0.3) is 43.9 Å². The highest BCUT2D eigenvalue weighted by Crippen LogP contribution is 2.37. The molecule has 3 aromatic carbocycles. The minimum absolute atomic E-state index is 0.299. The van der Waals surface area contributed by atoms with Gasteiger partial charge in [-0.2, -0.15) is 15.5 Å². The van der Waals surface area contributed by atoms with Crippen molar-refractivity contribution in [2.45, 2.75) is 38.5 Å². The fourth-order valence-electron chi connectivity index (χ4n) is 4.63. The first kappa shape index (κ1) is 25.5. The zero-order chi connectivity index (χ0) is 27.2. The number of hydrogen-bond acceptors (Lipinski definition) is 5. The molecular formula is C29H28N6O2S. The number of H-pyrrole nitrogens is 1. The molecule has 38 heavy (non-hydrogen) atoms. The summed E-state index contributed by atoms with van der Waals surface area (Å²) in [6.07, 6.45) is 1.77. The number of hydrogen-bond donors (Lipinski definition) is 2. The smallest absolute Gasteiger partial charge is 0.267 e. The predicted octanol–water partition coefficient (Wildman–Crippen LogP) is 5.13. The van der Waals surface area contributed by atoms with E-state index in [1.165, 1.54) is 0 Å². The van der Waals surface area contributed by atoms with Crippen molar-refractivity contribution < 1.29 is 4.21 Å². The number of aryl methyl sites for hydroxylation is 1. The monoisotopic (exact) mass is 524 g/mol. The highest BCUT2D eigenvalue weighted by Gasteiger charge is 2.24. The summed E-state index contributed by atoms with van der Waals surface area (Å²) in [5.41, 5.74) is 4.10. The molecule has 8 nitrogen and oxygen atoms in total. The van der Waals surface area contributed by atoms with E-state index in [-0.39, 0.29) is 11.6 Å². The lowest BCUT2D eigenvalue weighted by molar-refractivity contribution is 0.610. The average Bonchev–Trinajstić information content (AvgIpc) is 3.28. The Labute approximate surface area is 222 Å². The van der Waals surface area contributed by atoms with Crippen LogP contribution >= 0.6 is 0 Å². The van der Waals surface area contributed by atoms with E-state index >= 15 is 0 Å². The standard InChI is InChI=1S/C29H28N6O2S/c1-17(34-38(37)29(2,3)4)26-23-14-19(11-13-22(23)28(36)33-32-26)25-16-31-35(5)27(25)21-12-10-18-8-6-7-9-20(18)24(21)15-30/h6-14,16-17,34H,1-5H3,(H,33,36). The zero-order valence-electron chi connectivity index (χ0n) is 21.9. The van der Waals surface area contributed by atoms with Crippen LogP contribution in [0.1, 0.15) is 45.0 Å². The first-order valence-corrected chi connectivity index (χ1v) is 13.4. The van der Waals surface area contributed by atoms with Crippen molar-refractivity contribution in [2.75, 3.05) is 0 Å². The van der Waals surface area contributed by atoms with Crippen molar-refractivity contribution in [3.05, 3.63) is 82.4 Å². The highest BCUT2D eigenvalue weighted by atomic mass is 32.2. The lowest BCUT2D eigenvalue weighted by atomic mass is 9.93. The third-order valence-electron chi connectivity index (χ3n) is 6.61. The Bertz CT molecular complexity index is 1820. The van der Waals surface area contributed by atoms with E-state index in [0.717, 1.165) is 33.2 Å². The molecule has 2 N–H and O–H groups in total. The van der Waals surface area contributed by atoms with Crippen LogP contribution in [0.3, 0.4) is 0 Å². The molecule has 0 saturated heterocycles. The predicted molar refractivity (Wildman–Crippen MR) is 152 cm³/mol. The molecule has 2 atom stereocenters. The molecule has 0 radical (unpaired) electrons. The molecule has 0 aliphatic rings. The number of aromatic nitrogens is 4. The molecular weight excluding hydrogens is 496 g/mol. The van der Waals surface area contributed by atoms with Gasteiger partial charge in [0.1, 0.15) is 6.07 Å². The van der Waals surface area contributed by atoms with Gasteiger partial charge in [0, 0.05) is 28.9 Å². The van der Waals surface area contributed by atoms with Crippen LogP contribution in [-0.2, 0) is 18.0 Å². The van der Waals surface area contributed by atoms with Gasteiger partial charge in [-0.25, -0.2) is 14.0 Å². The van der Waals surface area contributed by atoms with Gasteiger partial charge in [-0.3, -0.25) is 9.48 Å². The quantitative estimate of drug-likeness (QED) is 0.331. The topological polar surface area (TPSA) is 116 Å². The number of rotatable bonds is 5. The summed E-state index contributed by atoms with van der Waals surface area (Å²) < 4.78 is 17.2. The summed E-state index contributed by atoms with van der Waals surface area (Å²) in [4.78, 5) is 12.6. The van der Waals surface area contributed by atoms with Crippen LogP contribution in [0.5, 0.6) is 0 Å². The van der Waals surface area contributed by atoms with Gasteiger partial charge in [0.2, 0.25) is 0 Å². The largest absolute Gasteiger partial charge is 0.272 e. The lowest BCUT2D eigenvalue weighted by Gasteiger charge is -2.22. The van der Waals surface area contributed by atoms with E-state index in [9.17, 15) is 14.3 Å². The second-order valence-electron chi connectivity index (χ2n) is 10.3. The van der Waals surface area contributed by atoms with Crippen molar-refractivity contribution in [3.63, 3.8) is 0 Å². The maximum atomic E-state index is 12.8. The molecule has 5 rings (SSSR count). The van der Waals surface area contributed by atoms with Crippen molar-refractivity contribution in [1.29, 1.82) is 5.26 Å².